The van der Waals surface area contributed by atoms with Crippen molar-refractivity contribution in [3.63, 3.8) is 0 Å². The summed E-state index contributed by atoms with van der Waals surface area (Å²) in [5, 5.41) is 0. The predicted octanol–water partition coefficient (Wildman–Crippen LogP) is 4.71. The molecule has 5 nitrogen and oxygen atoms in total. The molecule has 29 heavy (non-hydrogen) atoms. The van der Waals surface area contributed by atoms with E-state index in [1.165, 1.54) is 0 Å². The molecule has 0 saturated heterocycles. The highest BCUT2D eigenvalue weighted by atomic mass is 16.2. The van der Waals surface area contributed by atoms with Gasteiger partial charge in [0.05, 0.1) is 13.1 Å². The molecule has 0 N–H and O–H groups in total. The second-order valence-corrected chi connectivity index (χ2v) is 10.5. The van der Waals surface area contributed by atoms with E-state index in [-0.39, 0.29) is 29.8 Å². The van der Waals surface area contributed by atoms with Gasteiger partial charge in [-0.25, -0.2) is 0 Å². The Hall–Kier alpha value is -1.78. The fourth-order valence-corrected chi connectivity index (χ4v) is 3.89. The van der Waals surface area contributed by atoms with E-state index in [2.05, 4.69) is 41.5 Å². The van der Waals surface area contributed by atoms with Crippen molar-refractivity contribution < 1.29 is 9.59 Å². The van der Waals surface area contributed by atoms with Gasteiger partial charge in [-0.1, -0.05) is 41.5 Å². The first kappa shape index (κ1) is 25.3. The van der Waals surface area contributed by atoms with E-state index in [4.69, 9.17) is 0 Å². The Labute approximate surface area is 178 Å². The molecule has 0 aliphatic carbocycles. The van der Waals surface area contributed by atoms with Gasteiger partial charge in [-0.3, -0.25) is 9.59 Å². The second-order valence-electron chi connectivity index (χ2n) is 10.5. The third-order valence-electron chi connectivity index (χ3n) is 5.08. The SMILES string of the molecule is CC(C)CN(Cc1cccn1C)C(=O)CN(C(=O)C[C@H](C)CC(C)(C)C)C(C)C. The number of aryl methyl sites for hydroxylation is 1. The number of aromatic nitrogens is 1. The Morgan fingerprint density at radius 1 is 1.07 bits per heavy atom. The third kappa shape index (κ3) is 9.05. The highest BCUT2D eigenvalue weighted by Gasteiger charge is 2.26. The maximum absolute atomic E-state index is 13.2. The standard InChI is InChI=1S/C24H43N3O2/c1-18(2)15-26(16-21-11-10-12-25(21)9)23(29)17-27(19(3)4)22(28)13-20(5)14-24(6,7)8/h10-12,18-20H,13-17H2,1-9H3/t20-/m0/s1. The molecule has 0 radical (unpaired) electrons. The van der Waals surface area contributed by atoms with Gasteiger partial charge < -0.3 is 14.4 Å². The maximum Gasteiger partial charge on any atom is 0.242 e. The third-order valence-corrected chi connectivity index (χ3v) is 5.08. The van der Waals surface area contributed by atoms with Gasteiger partial charge >= 0.3 is 0 Å². The Morgan fingerprint density at radius 2 is 1.69 bits per heavy atom. The van der Waals surface area contributed by atoms with Gasteiger partial charge in [0.15, 0.2) is 0 Å². The molecule has 0 spiro atoms. The molecule has 1 aromatic heterocycles. The van der Waals surface area contributed by atoms with Crippen LogP contribution in [0.25, 0.3) is 0 Å². The van der Waals surface area contributed by atoms with Gasteiger partial charge in [0.1, 0.15) is 0 Å². The molecule has 0 saturated carbocycles. The lowest BCUT2D eigenvalue weighted by Crippen LogP contribution is -2.47. The molecule has 5 heteroatoms. The number of hydrogen-bond acceptors (Lipinski definition) is 2. The summed E-state index contributed by atoms with van der Waals surface area (Å²) >= 11 is 0. The molecule has 2 amide bonds. The van der Waals surface area contributed by atoms with Gasteiger partial charge in [-0.05, 0) is 49.7 Å². The van der Waals surface area contributed by atoms with Crippen LogP contribution in [0.2, 0.25) is 0 Å². The predicted molar refractivity (Wildman–Crippen MR) is 120 cm³/mol. The normalized spacial score (nSPS) is 13.1. The van der Waals surface area contributed by atoms with E-state index >= 15 is 0 Å². The fourth-order valence-electron chi connectivity index (χ4n) is 3.89. The molecule has 1 rings (SSSR count). The number of carbonyl (C=O) groups is 2. The van der Waals surface area contributed by atoms with Crippen LogP contribution >= 0.6 is 0 Å². The Kier molecular flexibility index (Phi) is 9.44. The van der Waals surface area contributed by atoms with Crippen molar-refractivity contribution in [1.82, 2.24) is 14.4 Å². The summed E-state index contributed by atoms with van der Waals surface area (Å²) in [4.78, 5) is 29.8. The number of amides is 2. The molecule has 0 fully saturated rings. The van der Waals surface area contributed by atoms with Crippen LogP contribution in [0.1, 0.15) is 73.9 Å². The van der Waals surface area contributed by atoms with Crippen LogP contribution in [0.4, 0.5) is 0 Å². The van der Waals surface area contributed by atoms with Crippen LogP contribution in [-0.4, -0.2) is 45.3 Å². The summed E-state index contributed by atoms with van der Waals surface area (Å²) in [6, 6.07) is 4.04. The molecular weight excluding hydrogens is 362 g/mol. The monoisotopic (exact) mass is 405 g/mol. The molecule has 1 heterocycles. The van der Waals surface area contributed by atoms with Crippen molar-refractivity contribution in [3.8, 4) is 0 Å². The van der Waals surface area contributed by atoms with Gasteiger partial charge in [0, 0.05) is 37.9 Å². The molecule has 1 aromatic rings. The Morgan fingerprint density at radius 3 is 2.14 bits per heavy atom. The maximum atomic E-state index is 13.2. The lowest BCUT2D eigenvalue weighted by Gasteiger charge is -2.32. The number of nitrogens with zero attached hydrogens (tertiary/aromatic N) is 3. The van der Waals surface area contributed by atoms with Crippen LogP contribution in [-0.2, 0) is 23.2 Å². The second kappa shape index (κ2) is 10.8. The lowest BCUT2D eigenvalue weighted by atomic mass is 9.84. The summed E-state index contributed by atoms with van der Waals surface area (Å²) in [7, 11) is 1.99. The highest BCUT2D eigenvalue weighted by Crippen LogP contribution is 2.26. The number of carbonyl (C=O) groups excluding carboxylic acids is 2. The minimum absolute atomic E-state index is 0.00391. The Bertz CT molecular complexity index is 655. The quantitative estimate of drug-likeness (QED) is 0.566. The van der Waals surface area contributed by atoms with Crippen LogP contribution in [0, 0.1) is 17.3 Å². The molecular formula is C24H43N3O2. The van der Waals surface area contributed by atoms with E-state index in [1.807, 2.05) is 48.7 Å². The van der Waals surface area contributed by atoms with Crippen LogP contribution in [0.5, 0.6) is 0 Å². The highest BCUT2D eigenvalue weighted by molar-refractivity contribution is 5.85. The zero-order valence-corrected chi connectivity index (χ0v) is 20.2. The van der Waals surface area contributed by atoms with E-state index in [0.717, 1.165) is 12.1 Å². The average molecular weight is 406 g/mol. The number of hydrogen-bond donors (Lipinski definition) is 0. The molecule has 0 aromatic carbocycles. The van der Waals surface area contributed by atoms with Crippen molar-refractivity contribution in [3.05, 3.63) is 24.0 Å². The first-order chi connectivity index (χ1) is 13.3. The summed E-state index contributed by atoms with van der Waals surface area (Å²) < 4.78 is 2.04. The minimum Gasteiger partial charge on any atom is -0.353 e. The van der Waals surface area contributed by atoms with Crippen molar-refractivity contribution in [2.45, 2.75) is 80.8 Å². The van der Waals surface area contributed by atoms with Crippen molar-refractivity contribution in [1.29, 1.82) is 0 Å². The van der Waals surface area contributed by atoms with Crippen LogP contribution in [0.15, 0.2) is 18.3 Å². The smallest absolute Gasteiger partial charge is 0.242 e. The fraction of sp³-hybridized carbons (Fsp3) is 0.750. The van der Waals surface area contributed by atoms with Gasteiger partial charge in [0.2, 0.25) is 11.8 Å². The van der Waals surface area contributed by atoms with Gasteiger partial charge in [-0.2, -0.15) is 0 Å². The topological polar surface area (TPSA) is 45.6 Å². The zero-order valence-electron chi connectivity index (χ0n) is 20.2. The lowest BCUT2D eigenvalue weighted by molar-refractivity contribution is -0.143. The van der Waals surface area contributed by atoms with Crippen molar-refractivity contribution >= 4 is 11.8 Å². The van der Waals surface area contributed by atoms with E-state index < -0.39 is 0 Å². The first-order valence-corrected chi connectivity index (χ1v) is 11.0. The minimum atomic E-state index is 0.00391. The summed E-state index contributed by atoms with van der Waals surface area (Å²) in [6.07, 6.45) is 3.48. The largest absolute Gasteiger partial charge is 0.353 e. The van der Waals surface area contributed by atoms with Gasteiger partial charge in [-0.15, -0.1) is 0 Å². The van der Waals surface area contributed by atoms with Gasteiger partial charge in [0.25, 0.3) is 0 Å². The molecule has 1 atom stereocenters. The van der Waals surface area contributed by atoms with E-state index in [9.17, 15) is 9.59 Å². The van der Waals surface area contributed by atoms with E-state index in [1.54, 1.807) is 4.90 Å². The summed E-state index contributed by atoms with van der Waals surface area (Å²) in [5.74, 6) is 0.766. The van der Waals surface area contributed by atoms with E-state index in [0.29, 0.717) is 31.3 Å². The summed E-state index contributed by atoms with van der Waals surface area (Å²) in [6.45, 7) is 18.3. The molecule has 0 aliphatic heterocycles. The zero-order chi connectivity index (χ0) is 22.4. The first-order valence-electron chi connectivity index (χ1n) is 11.0. The van der Waals surface area contributed by atoms with Crippen LogP contribution < -0.4 is 0 Å². The van der Waals surface area contributed by atoms with Crippen molar-refractivity contribution in [2.75, 3.05) is 13.1 Å². The molecule has 166 valence electrons. The number of rotatable bonds is 10. The summed E-state index contributed by atoms with van der Waals surface area (Å²) in [5.41, 5.74) is 1.29. The Balaban J connectivity index is 2.86. The average Bonchev–Trinajstić information content (AvgIpc) is 2.93. The molecule has 0 bridgehead atoms. The van der Waals surface area contributed by atoms with Crippen LogP contribution in [0.3, 0.4) is 0 Å². The van der Waals surface area contributed by atoms with Crippen molar-refractivity contribution in [2.24, 2.45) is 24.3 Å². The molecule has 0 aliphatic rings. The molecule has 0 unspecified atom stereocenters.